The van der Waals surface area contributed by atoms with Gasteiger partial charge >= 0.3 is 0 Å². The van der Waals surface area contributed by atoms with Gasteiger partial charge in [0.25, 0.3) is 0 Å². The molecule has 0 atom stereocenters. The van der Waals surface area contributed by atoms with Crippen LogP contribution in [0, 0.1) is 0 Å². The molecule has 0 fully saturated rings. The average Bonchev–Trinajstić information content (AvgIpc) is 4.12. The van der Waals surface area contributed by atoms with E-state index in [2.05, 4.69) is 182 Å². The predicted molar refractivity (Wildman–Crippen MR) is 240 cm³/mol. The first kappa shape index (κ1) is 32.5. The molecule has 0 radical (unpaired) electrons. The molecule has 57 heavy (non-hydrogen) atoms. The molecule has 0 nitrogen and oxygen atoms in total. The lowest BCUT2D eigenvalue weighted by molar-refractivity contribution is 0.892. The number of rotatable bonds is 6. The van der Waals surface area contributed by atoms with Crippen molar-refractivity contribution < 1.29 is 0 Å². The fraction of sp³-hybridized carbons (Fsp3) is 0.0877. The van der Waals surface area contributed by atoms with Crippen molar-refractivity contribution in [3.63, 3.8) is 0 Å². The first-order valence-corrected chi connectivity index (χ1v) is 20.5. The van der Waals surface area contributed by atoms with E-state index in [9.17, 15) is 0 Å². The van der Waals surface area contributed by atoms with Crippen molar-refractivity contribution in [2.24, 2.45) is 0 Å². The molecule has 0 heteroatoms. The Morgan fingerprint density at radius 1 is 0.333 bits per heavy atom. The summed E-state index contributed by atoms with van der Waals surface area (Å²) in [6, 6.07) is 52.8. The molecule has 0 heterocycles. The van der Waals surface area contributed by atoms with E-state index in [1.54, 1.807) is 5.57 Å². The molecule has 0 aromatic heterocycles. The summed E-state index contributed by atoms with van der Waals surface area (Å²) < 4.78 is 0. The number of benzene rings is 6. The van der Waals surface area contributed by atoms with Crippen molar-refractivity contribution in [2.75, 3.05) is 0 Å². The van der Waals surface area contributed by atoms with E-state index in [4.69, 9.17) is 0 Å². The molecule has 0 unspecified atom stereocenters. The van der Waals surface area contributed by atoms with Crippen LogP contribution in [0.5, 0.6) is 0 Å². The SMILES string of the molecule is C1=CC2=C(C1)CCC(C1=C(c3ccc4c(c3)C=CC4)C3=C(c4ccc5c(c4)C=CC5)c4cc(-c5ccccc5)c(-c5ccccc5)cc4C3=C1c1ccccc1)=C2. The van der Waals surface area contributed by atoms with Crippen molar-refractivity contribution in [1.82, 2.24) is 0 Å². The van der Waals surface area contributed by atoms with Gasteiger partial charge in [0, 0.05) is 0 Å². The van der Waals surface area contributed by atoms with Crippen molar-refractivity contribution >= 4 is 34.4 Å². The molecule has 0 saturated heterocycles. The summed E-state index contributed by atoms with van der Waals surface area (Å²) in [4.78, 5) is 0. The Kier molecular flexibility index (Phi) is 7.35. The Morgan fingerprint density at radius 2 is 0.860 bits per heavy atom. The van der Waals surface area contributed by atoms with E-state index in [0.717, 1.165) is 32.1 Å². The largest absolute Gasteiger partial charge is 0.0798 e. The number of fused-ring (bicyclic) bond motifs is 5. The summed E-state index contributed by atoms with van der Waals surface area (Å²) >= 11 is 0. The Hall–Kier alpha value is -6.76. The lowest BCUT2D eigenvalue weighted by atomic mass is 9.81. The molecule has 6 aromatic rings. The van der Waals surface area contributed by atoms with Gasteiger partial charge in [-0.1, -0.05) is 163 Å². The average molecular weight is 725 g/mol. The zero-order valence-electron chi connectivity index (χ0n) is 31.9. The normalized spacial score (nSPS) is 17.1. The lowest BCUT2D eigenvalue weighted by Crippen LogP contribution is -2.03. The van der Waals surface area contributed by atoms with Crippen LogP contribution in [0.1, 0.15) is 69.3 Å². The first-order valence-electron chi connectivity index (χ1n) is 20.5. The van der Waals surface area contributed by atoms with Crippen molar-refractivity contribution in [3.05, 3.63) is 248 Å². The van der Waals surface area contributed by atoms with Crippen LogP contribution in [0.4, 0.5) is 0 Å². The highest BCUT2D eigenvalue weighted by Gasteiger charge is 2.42. The molecule has 12 rings (SSSR count). The van der Waals surface area contributed by atoms with Gasteiger partial charge in [-0.25, -0.2) is 0 Å². The molecule has 0 saturated carbocycles. The fourth-order valence-electron chi connectivity index (χ4n) is 10.3. The lowest BCUT2D eigenvalue weighted by Gasteiger charge is -2.23. The van der Waals surface area contributed by atoms with Crippen LogP contribution in [-0.4, -0.2) is 0 Å². The van der Waals surface area contributed by atoms with Gasteiger partial charge in [-0.3, -0.25) is 0 Å². The predicted octanol–water partition coefficient (Wildman–Crippen LogP) is 14.3. The molecule has 6 aromatic carbocycles. The van der Waals surface area contributed by atoms with Crippen molar-refractivity contribution in [2.45, 2.75) is 32.1 Å². The third kappa shape index (κ3) is 5.14. The Bertz CT molecular complexity index is 2970. The molecule has 0 aliphatic heterocycles. The summed E-state index contributed by atoms with van der Waals surface area (Å²) in [6.45, 7) is 0. The van der Waals surface area contributed by atoms with Crippen LogP contribution < -0.4 is 0 Å². The number of allylic oxidation sites excluding steroid dienone is 13. The molecular formula is C57H40. The Balaban J connectivity index is 1.25. The van der Waals surface area contributed by atoms with Gasteiger partial charge in [0.15, 0.2) is 0 Å². The summed E-state index contributed by atoms with van der Waals surface area (Å²) in [5.41, 5.74) is 29.6. The second-order valence-corrected chi connectivity index (χ2v) is 16.2. The standard InChI is InChI=1S/C57H40/c1-4-13-39(14-5-1)48-34-50-51(35-49(48)40-15-6-2-7-16-40)56-53(41-17-8-3-9-18-41)54(46-29-26-37-20-11-23-43(37)32-46)55(47-30-27-38-21-12-24-44(38)33-47)57(56)52(50)45-28-25-36-19-10-22-42(36)31-45/h1-18,22-25,27-28,30-35H,19-21,26,29H2. The highest BCUT2D eigenvalue weighted by Crippen LogP contribution is 2.62. The number of hydrogen-bond acceptors (Lipinski definition) is 0. The summed E-state index contributed by atoms with van der Waals surface area (Å²) in [5.74, 6) is 0. The van der Waals surface area contributed by atoms with Crippen LogP contribution in [0.3, 0.4) is 0 Å². The maximum Gasteiger partial charge on any atom is -0.000149 e. The second kappa shape index (κ2) is 12.9. The topological polar surface area (TPSA) is 0 Å². The molecule has 0 N–H and O–H groups in total. The van der Waals surface area contributed by atoms with Crippen molar-refractivity contribution in [3.8, 4) is 22.3 Å². The quantitative estimate of drug-likeness (QED) is 0.160. The van der Waals surface area contributed by atoms with E-state index in [1.165, 1.54) is 117 Å². The minimum atomic E-state index is 0.998. The van der Waals surface area contributed by atoms with Crippen LogP contribution in [0.25, 0.3) is 56.7 Å². The first-order chi connectivity index (χ1) is 28.3. The van der Waals surface area contributed by atoms with E-state index in [-0.39, 0.29) is 0 Å². The van der Waals surface area contributed by atoms with E-state index < -0.39 is 0 Å². The molecule has 268 valence electrons. The van der Waals surface area contributed by atoms with Crippen LogP contribution >= 0.6 is 0 Å². The van der Waals surface area contributed by atoms with Crippen molar-refractivity contribution in [1.29, 1.82) is 0 Å². The van der Waals surface area contributed by atoms with Gasteiger partial charge in [0.1, 0.15) is 0 Å². The molecule has 0 amide bonds. The zero-order valence-corrected chi connectivity index (χ0v) is 31.9. The highest BCUT2D eigenvalue weighted by molar-refractivity contribution is 6.30. The third-order valence-electron chi connectivity index (χ3n) is 13.0. The van der Waals surface area contributed by atoms with E-state index >= 15 is 0 Å². The van der Waals surface area contributed by atoms with Gasteiger partial charge in [0.2, 0.25) is 0 Å². The Labute approximate surface area is 335 Å². The van der Waals surface area contributed by atoms with Gasteiger partial charge < -0.3 is 0 Å². The van der Waals surface area contributed by atoms with Gasteiger partial charge in [-0.05, 0) is 173 Å². The minimum Gasteiger partial charge on any atom is -0.0798 e. The Morgan fingerprint density at radius 3 is 1.47 bits per heavy atom. The zero-order chi connectivity index (χ0) is 37.5. The molecule has 0 bridgehead atoms. The maximum absolute atomic E-state index is 2.53. The monoisotopic (exact) mass is 724 g/mol. The van der Waals surface area contributed by atoms with Crippen LogP contribution in [-0.2, 0) is 12.8 Å². The molecular weight excluding hydrogens is 685 g/mol. The van der Waals surface area contributed by atoms with E-state index in [1.807, 2.05) is 0 Å². The molecule has 0 spiro atoms. The summed E-state index contributed by atoms with van der Waals surface area (Å²) in [7, 11) is 0. The number of hydrogen-bond donors (Lipinski definition) is 0. The third-order valence-corrected chi connectivity index (χ3v) is 13.0. The summed E-state index contributed by atoms with van der Waals surface area (Å²) in [6.07, 6.45) is 21.7. The highest BCUT2D eigenvalue weighted by atomic mass is 14.4. The second-order valence-electron chi connectivity index (χ2n) is 16.2. The minimum absolute atomic E-state index is 0.998. The van der Waals surface area contributed by atoms with Crippen LogP contribution in [0.2, 0.25) is 0 Å². The summed E-state index contributed by atoms with van der Waals surface area (Å²) in [5, 5.41) is 0. The smallest absolute Gasteiger partial charge is 0.000149 e. The van der Waals surface area contributed by atoms with Gasteiger partial charge in [0.05, 0.1) is 0 Å². The van der Waals surface area contributed by atoms with Crippen LogP contribution in [0.15, 0.2) is 198 Å². The van der Waals surface area contributed by atoms with Gasteiger partial charge in [-0.2, -0.15) is 0 Å². The van der Waals surface area contributed by atoms with E-state index in [0.29, 0.717) is 0 Å². The van der Waals surface area contributed by atoms with Gasteiger partial charge in [-0.15, -0.1) is 0 Å². The maximum atomic E-state index is 2.53. The molecule has 6 aliphatic rings. The fourth-order valence-corrected chi connectivity index (χ4v) is 10.3. The molecule has 6 aliphatic carbocycles.